The van der Waals surface area contributed by atoms with Gasteiger partial charge in [-0.05, 0) is 86.3 Å². The number of likely N-dealkylation sites (N-methyl/N-ethyl adjacent to an activating group) is 1. The number of rotatable bonds is 17. The summed E-state index contributed by atoms with van der Waals surface area (Å²) >= 11 is 12.2. The van der Waals surface area contributed by atoms with E-state index in [4.69, 9.17) is 27.9 Å². The van der Waals surface area contributed by atoms with Crippen molar-refractivity contribution in [1.82, 2.24) is 4.90 Å². The van der Waals surface area contributed by atoms with Gasteiger partial charge in [0.25, 0.3) is 0 Å². The molecule has 9 heteroatoms. The van der Waals surface area contributed by atoms with Gasteiger partial charge in [-0.1, -0.05) is 72.4 Å². The summed E-state index contributed by atoms with van der Waals surface area (Å²) in [6.07, 6.45) is -2.64. The lowest BCUT2D eigenvalue weighted by atomic mass is 9.89. The first-order valence-corrected chi connectivity index (χ1v) is 15.2. The van der Waals surface area contributed by atoms with E-state index in [2.05, 4.69) is 4.90 Å². The Bertz CT molecular complexity index is 1250. The largest absolute Gasteiger partial charge is 0.492 e. The number of carbonyl (C=O) groups excluding carboxylic acids is 2. The summed E-state index contributed by atoms with van der Waals surface area (Å²) in [6.45, 7) is 3.28. The van der Waals surface area contributed by atoms with Crippen molar-refractivity contribution in [2.24, 2.45) is 5.92 Å². The Kier molecular flexibility index (Phi) is 13.6. The Labute approximate surface area is 262 Å². The van der Waals surface area contributed by atoms with Crippen molar-refractivity contribution >= 4 is 34.8 Å². The third-order valence-electron chi connectivity index (χ3n) is 7.42. The van der Waals surface area contributed by atoms with Gasteiger partial charge < -0.3 is 14.4 Å². The maximum Gasteiger partial charge on any atom is 0.450 e. The second-order valence-electron chi connectivity index (χ2n) is 11.0. The molecule has 1 atom stereocenters. The van der Waals surface area contributed by atoms with Gasteiger partial charge in [-0.15, -0.1) is 0 Å². The minimum Gasteiger partial charge on any atom is -0.492 e. The van der Waals surface area contributed by atoms with E-state index in [1.165, 1.54) is 6.92 Å². The third-order valence-corrected chi connectivity index (χ3v) is 7.92. The minimum atomic E-state index is -4.88. The molecule has 0 spiro atoms. The number of nitrogens with zero attached hydrogens (tertiary/aromatic N) is 1. The van der Waals surface area contributed by atoms with E-state index in [1.807, 2.05) is 55.6 Å². The average Bonchev–Trinajstić information content (AvgIpc) is 2.96. The topological polar surface area (TPSA) is 46.6 Å². The van der Waals surface area contributed by atoms with E-state index in [-0.39, 0.29) is 24.5 Å². The zero-order valence-corrected chi connectivity index (χ0v) is 26.0. The van der Waals surface area contributed by atoms with Crippen LogP contribution in [0.2, 0.25) is 10.0 Å². The number of hydrogen-bond donors (Lipinski definition) is 0. The smallest absolute Gasteiger partial charge is 0.450 e. The van der Waals surface area contributed by atoms with Crippen molar-refractivity contribution in [3.8, 4) is 5.75 Å². The summed E-state index contributed by atoms with van der Waals surface area (Å²) in [6, 6.07) is 22.5. The van der Waals surface area contributed by atoms with Gasteiger partial charge in [0.15, 0.2) is 0 Å². The number of ketones is 2. The Morgan fingerprint density at radius 3 is 1.91 bits per heavy atom. The number of ether oxygens (including phenoxy) is 1. The average molecular weight is 637 g/mol. The van der Waals surface area contributed by atoms with E-state index >= 15 is 0 Å². The van der Waals surface area contributed by atoms with Crippen LogP contribution < -0.4 is 4.74 Å². The van der Waals surface area contributed by atoms with Crippen LogP contribution in [0.1, 0.15) is 61.6 Å². The highest BCUT2D eigenvalue weighted by atomic mass is 35.5. The fourth-order valence-corrected chi connectivity index (χ4v) is 5.27. The van der Waals surface area contributed by atoms with Gasteiger partial charge in [0.05, 0.1) is 0 Å². The molecule has 1 unspecified atom stereocenters. The normalized spacial score (nSPS) is 12.5. The van der Waals surface area contributed by atoms with Crippen molar-refractivity contribution in [2.45, 2.75) is 57.5 Å². The second-order valence-corrected chi connectivity index (χ2v) is 11.8. The van der Waals surface area contributed by atoms with Gasteiger partial charge in [0, 0.05) is 41.4 Å². The first kappa shape index (κ1) is 34.6. The fourth-order valence-electron chi connectivity index (χ4n) is 5.02. The third kappa shape index (κ3) is 12.0. The van der Waals surface area contributed by atoms with Crippen LogP contribution in [0.25, 0.3) is 0 Å². The monoisotopic (exact) mass is 635 g/mol. The lowest BCUT2D eigenvalue weighted by Gasteiger charge is -2.25. The van der Waals surface area contributed by atoms with Crippen LogP contribution in [0.3, 0.4) is 0 Å². The van der Waals surface area contributed by atoms with E-state index in [0.717, 1.165) is 17.7 Å². The summed E-state index contributed by atoms with van der Waals surface area (Å²) in [7, 11) is 2.02. The number of hydrogen-bond acceptors (Lipinski definition) is 4. The summed E-state index contributed by atoms with van der Waals surface area (Å²) in [5.74, 6) is -2.09. The van der Waals surface area contributed by atoms with E-state index < -0.39 is 17.9 Å². The Morgan fingerprint density at radius 2 is 1.40 bits per heavy atom. The maximum absolute atomic E-state index is 13.2. The predicted octanol–water partition coefficient (Wildman–Crippen LogP) is 8.97. The van der Waals surface area contributed by atoms with Crippen molar-refractivity contribution in [2.75, 3.05) is 26.7 Å². The molecular formula is C34H38Cl2F3NO3. The van der Waals surface area contributed by atoms with Gasteiger partial charge in [-0.25, -0.2) is 0 Å². The second kappa shape index (κ2) is 16.8. The molecule has 0 amide bonds. The van der Waals surface area contributed by atoms with Crippen LogP contribution in [0, 0.1) is 5.92 Å². The molecule has 0 fully saturated rings. The van der Waals surface area contributed by atoms with Crippen LogP contribution in [0.5, 0.6) is 5.75 Å². The number of halogens is 5. The molecule has 0 radical (unpaired) electrons. The van der Waals surface area contributed by atoms with E-state index in [0.29, 0.717) is 60.2 Å². The first-order chi connectivity index (χ1) is 20.4. The molecule has 0 aliphatic carbocycles. The molecule has 0 aliphatic rings. The first-order valence-electron chi connectivity index (χ1n) is 14.4. The zero-order chi connectivity index (χ0) is 31.4. The molecular weight excluding hydrogens is 598 g/mol. The van der Waals surface area contributed by atoms with Crippen molar-refractivity contribution in [3.63, 3.8) is 0 Å². The highest BCUT2D eigenvalue weighted by Gasteiger charge is 2.42. The van der Waals surface area contributed by atoms with E-state index in [1.54, 1.807) is 24.3 Å². The lowest BCUT2D eigenvalue weighted by molar-refractivity contribution is -0.175. The summed E-state index contributed by atoms with van der Waals surface area (Å²) < 4.78 is 45.6. The lowest BCUT2D eigenvalue weighted by Crippen LogP contribution is -2.31. The predicted molar refractivity (Wildman–Crippen MR) is 166 cm³/mol. The maximum atomic E-state index is 13.2. The summed E-state index contributed by atoms with van der Waals surface area (Å²) in [5, 5.41) is 1.35. The number of carbonyl (C=O) groups is 2. The number of benzene rings is 3. The molecule has 43 heavy (non-hydrogen) atoms. The van der Waals surface area contributed by atoms with Crippen molar-refractivity contribution in [3.05, 3.63) is 99.5 Å². The molecule has 0 bridgehead atoms. The van der Waals surface area contributed by atoms with Crippen molar-refractivity contribution < 1.29 is 27.5 Å². The van der Waals surface area contributed by atoms with Crippen LogP contribution in [-0.2, 0) is 16.0 Å². The van der Waals surface area contributed by atoms with Crippen LogP contribution in [0.15, 0.2) is 72.8 Å². The highest BCUT2D eigenvalue weighted by Crippen LogP contribution is 2.29. The molecule has 3 aromatic carbocycles. The number of unbranched alkanes of at least 4 members (excludes halogenated alkanes) is 2. The van der Waals surface area contributed by atoms with Crippen LogP contribution in [0.4, 0.5) is 13.2 Å². The van der Waals surface area contributed by atoms with Gasteiger partial charge in [0.1, 0.15) is 18.1 Å². The van der Waals surface area contributed by atoms with Gasteiger partial charge >= 0.3 is 6.18 Å². The van der Waals surface area contributed by atoms with Crippen LogP contribution in [-0.4, -0.2) is 49.4 Å². The number of Topliss-reactive ketones (excluding diaryl/α,β-unsaturated/α-hetero) is 2. The molecule has 232 valence electrons. The Balaban J connectivity index is 1.54. The highest BCUT2D eigenvalue weighted by molar-refractivity contribution is 6.30. The molecule has 0 N–H and O–H groups in total. The van der Waals surface area contributed by atoms with Gasteiger partial charge in [-0.2, -0.15) is 13.2 Å². The minimum absolute atomic E-state index is 0.00482. The van der Waals surface area contributed by atoms with E-state index in [9.17, 15) is 22.8 Å². The zero-order valence-electron chi connectivity index (χ0n) is 24.5. The SMILES string of the molecule is CC(=O)CCCCCC(Cc1ccc(OCCN(C)CC(c2ccc(Cl)cc2)c2ccc(Cl)cc2)cc1)C(=O)C(F)(F)F. The summed E-state index contributed by atoms with van der Waals surface area (Å²) in [4.78, 5) is 25.3. The van der Waals surface area contributed by atoms with Gasteiger partial charge in [0.2, 0.25) is 5.78 Å². The molecule has 0 saturated carbocycles. The molecule has 0 heterocycles. The molecule has 0 aromatic heterocycles. The van der Waals surface area contributed by atoms with Crippen LogP contribution >= 0.6 is 23.2 Å². The Hall–Kier alpha value is -2.87. The molecule has 3 rings (SSSR count). The molecule has 3 aromatic rings. The quantitative estimate of drug-likeness (QED) is 0.139. The fraction of sp³-hybridized carbons (Fsp3) is 0.412. The van der Waals surface area contributed by atoms with Gasteiger partial charge in [-0.3, -0.25) is 4.79 Å². The Morgan fingerprint density at radius 1 is 0.837 bits per heavy atom. The molecule has 4 nitrogen and oxygen atoms in total. The number of alkyl halides is 3. The molecule has 0 saturated heterocycles. The standard InChI is InChI=1S/C34H38Cl2F3NO3/c1-24(41)6-4-3-5-7-28(33(42)34(37,38)39)22-25-8-18-31(19-9-25)43-21-20-40(2)23-32(26-10-14-29(35)15-11-26)27-12-16-30(36)17-13-27/h8-19,28,32H,3-7,20-23H2,1-2H3. The molecule has 0 aliphatic heterocycles. The van der Waals surface area contributed by atoms with Crippen molar-refractivity contribution in [1.29, 1.82) is 0 Å². The summed E-state index contributed by atoms with van der Waals surface area (Å²) in [5.41, 5.74) is 2.91.